The summed E-state index contributed by atoms with van der Waals surface area (Å²) in [4.78, 5) is 11.0. The Kier molecular flexibility index (Phi) is 3.15. The van der Waals surface area contributed by atoms with Crippen molar-refractivity contribution in [3.8, 4) is 0 Å². The van der Waals surface area contributed by atoms with Crippen LogP contribution in [0.3, 0.4) is 0 Å². The quantitative estimate of drug-likeness (QED) is 0.849. The van der Waals surface area contributed by atoms with E-state index < -0.39 is 17.8 Å². The Hall–Kier alpha value is -1.42. The maximum absolute atomic E-state index is 13.2. The normalized spacial score (nSPS) is 22.3. The molecule has 0 heterocycles. The lowest BCUT2D eigenvalue weighted by atomic mass is 9.96. The molecule has 0 amide bonds. The van der Waals surface area contributed by atoms with Crippen molar-refractivity contribution in [1.29, 1.82) is 0 Å². The van der Waals surface area contributed by atoms with Gasteiger partial charge in [-0.1, -0.05) is 23.7 Å². The van der Waals surface area contributed by atoms with Gasteiger partial charge in [-0.3, -0.25) is 0 Å². The Morgan fingerprint density at radius 2 is 1.89 bits per heavy atom. The number of carbonyl (C=O) groups is 1. The minimum Gasteiger partial charge on any atom is -0.478 e. The molecule has 0 saturated heterocycles. The van der Waals surface area contributed by atoms with Crippen molar-refractivity contribution >= 4 is 23.1 Å². The van der Waals surface area contributed by atoms with Crippen molar-refractivity contribution in [3.63, 3.8) is 0 Å². The summed E-state index contributed by atoms with van der Waals surface area (Å²) in [6.45, 7) is 1.35. The molecule has 1 aromatic carbocycles. The Morgan fingerprint density at radius 3 is 2.28 bits per heavy atom. The van der Waals surface area contributed by atoms with Gasteiger partial charge in [0, 0.05) is 17.0 Å². The Labute approximate surface area is 108 Å². The standard InChI is InChI=1S/C13H11ClF2O2/c1-7(12(17)18)11(10-6-13(10,15)16)8-2-4-9(14)5-3-8/h2-5,10H,6H2,1H3,(H,17,18)/b11-7-. The number of alkyl halides is 2. The molecule has 1 aromatic rings. The van der Waals surface area contributed by atoms with Gasteiger partial charge in [-0.15, -0.1) is 0 Å². The second-order valence-electron chi connectivity index (χ2n) is 4.37. The fourth-order valence-corrected chi connectivity index (χ4v) is 2.08. The summed E-state index contributed by atoms with van der Waals surface area (Å²) in [6, 6.07) is 6.26. The van der Waals surface area contributed by atoms with Gasteiger partial charge in [0.2, 0.25) is 0 Å². The summed E-state index contributed by atoms with van der Waals surface area (Å²) in [5.74, 6) is -4.98. The van der Waals surface area contributed by atoms with Crippen molar-refractivity contribution in [2.75, 3.05) is 0 Å². The van der Waals surface area contributed by atoms with E-state index in [0.717, 1.165) is 0 Å². The highest BCUT2D eigenvalue weighted by atomic mass is 35.5. The van der Waals surface area contributed by atoms with Crippen LogP contribution >= 0.6 is 11.6 Å². The number of rotatable bonds is 3. The minimum absolute atomic E-state index is 0.0421. The predicted molar refractivity (Wildman–Crippen MR) is 64.7 cm³/mol. The molecule has 0 aromatic heterocycles. The Morgan fingerprint density at radius 1 is 1.39 bits per heavy atom. The number of carboxylic acid groups (broad SMARTS) is 1. The van der Waals surface area contributed by atoms with E-state index in [1.54, 1.807) is 24.3 Å². The first-order valence-electron chi connectivity index (χ1n) is 5.41. The summed E-state index contributed by atoms with van der Waals surface area (Å²) in [5, 5.41) is 9.47. The molecule has 1 atom stereocenters. The zero-order valence-electron chi connectivity index (χ0n) is 9.58. The van der Waals surface area contributed by atoms with E-state index in [-0.39, 0.29) is 17.6 Å². The molecule has 0 aliphatic heterocycles. The molecule has 1 aliphatic carbocycles. The molecular formula is C13H11ClF2O2. The molecule has 2 rings (SSSR count). The third kappa shape index (κ3) is 2.38. The molecule has 18 heavy (non-hydrogen) atoms. The van der Waals surface area contributed by atoms with E-state index >= 15 is 0 Å². The molecule has 1 fully saturated rings. The fourth-order valence-electron chi connectivity index (χ4n) is 1.95. The maximum atomic E-state index is 13.2. The van der Waals surface area contributed by atoms with Crippen LogP contribution in [0.2, 0.25) is 5.02 Å². The lowest BCUT2D eigenvalue weighted by Crippen LogP contribution is -2.05. The largest absolute Gasteiger partial charge is 0.478 e. The number of allylic oxidation sites excluding steroid dienone is 1. The Bertz CT molecular complexity index is 520. The van der Waals surface area contributed by atoms with Crippen LogP contribution in [-0.4, -0.2) is 17.0 Å². The third-order valence-electron chi connectivity index (χ3n) is 3.05. The van der Waals surface area contributed by atoms with Crippen LogP contribution in [0.25, 0.3) is 5.57 Å². The zero-order chi connectivity index (χ0) is 13.5. The SMILES string of the molecule is C/C(C(=O)O)=C(\c1ccc(Cl)cc1)C1CC1(F)F. The number of hydrogen-bond donors (Lipinski definition) is 1. The van der Waals surface area contributed by atoms with Crippen molar-refractivity contribution in [2.24, 2.45) is 5.92 Å². The lowest BCUT2D eigenvalue weighted by molar-refractivity contribution is -0.132. The summed E-state index contributed by atoms with van der Waals surface area (Å²) >= 11 is 5.73. The van der Waals surface area contributed by atoms with Gasteiger partial charge in [-0.25, -0.2) is 13.6 Å². The summed E-state index contributed by atoms with van der Waals surface area (Å²) < 4.78 is 26.4. The van der Waals surface area contributed by atoms with Gasteiger partial charge < -0.3 is 5.11 Å². The molecule has 1 aliphatic rings. The number of aliphatic carboxylic acids is 1. The highest BCUT2D eigenvalue weighted by Crippen LogP contribution is 2.56. The lowest BCUT2D eigenvalue weighted by Gasteiger charge is -2.10. The average Bonchev–Trinajstić information content (AvgIpc) is 2.90. The summed E-state index contributed by atoms with van der Waals surface area (Å²) in [6.07, 6.45) is -0.296. The first-order valence-corrected chi connectivity index (χ1v) is 5.78. The van der Waals surface area contributed by atoms with Gasteiger partial charge in [-0.05, 0) is 30.2 Å². The number of benzene rings is 1. The molecule has 96 valence electrons. The van der Waals surface area contributed by atoms with Crippen LogP contribution in [-0.2, 0) is 4.79 Å². The molecule has 0 bridgehead atoms. The Balaban J connectivity index is 2.47. The highest BCUT2D eigenvalue weighted by Gasteiger charge is 2.59. The fraction of sp³-hybridized carbons (Fsp3) is 0.308. The first-order chi connectivity index (χ1) is 8.33. The molecule has 5 heteroatoms. The van der Waals surface area contributed by atoms with E-state index in [9.17, 15) is 13.6 Å². The molecular weight excluding hydrogens is 262 g/mol. The zero-order valence-corrected chi connectivity index (χ0v) is 10.3. The first kappa shape index (κ1) is 13.0. The molecule has 1 saturated carbocycles. The van der Waals surface area contributed by atoms with Crippen LogP contribution in [0.1, 0.15) is 18.9 Å². The molecule has 1 unspecified atom stereocenters. The number of carboxylic acids is 1. The third-order valence-corrected chi connectivity index (χ3v) is 3.31. The van der Waals surface area contributed by atoms with Crippen molar-refractivity contribution in [3.05, 3.63) is 40.4 Å². The topological polar surface area (TPSA) is 37.3 Å². The van der Waals surface area contributed by atoms with Crippen molar-refractivity contribution < 1.29 is 18.7 Å². The van der Waals surface area contributed by atoms with Crippen molar-refractivity contribution in [2.45, 2.75) is 19.3 Å². The van der Waals surface area contributed by atoms with E-state index in [1.807, 2.05) is 0 Å². The molecule has 1 N–H and O–H groups in total. The van der Waals surface area contributed by atoms with Gasteiger partial charge in [0.15, 0.2) is 0 Å². The predicted octanol–water partition coefficient (Wildman–Crippen LogP) is 3.85. The van der Waals surface area contributed by atoms with Crippen LogP contribution in [0, 0.1) is 5.92 Å². The highest BCUT2D eigenvalue weighted by molar-refractivity contribution is 6.30. The summed E-state index contributed by atoms with van der Waals surface area (Å²) in [7, 11) is 0. The minimum atomic E-state index is -2.80. The van der Waals surface area contributed by atoms with E-state index in [1.165, 1.54) is 6.92 Å². The number of halogens is 3. The summed E-state index contributed by atoms with van der Waals surface area (Å²) in [5.41, 5.74) is 0.644. The maximum Gasteiger partial charge on any atom is 0.331 e. The number of hydrogen-bond acceptors (Lipinski definition) is 1. The molecule has 2 nitrogen and oxygen atoms in total. The second kappa shape index (κ2) is 4.35. The van der Waals surface area contributed by atoms with Crippen molar-refractivity contribution in [1.82, 2.24) is 0 Å². The average molecular weight is 273 g/mol. The van der Waals surface area contributed by atoms with Gasteiger partial charge >= 0.3 is 5.97 Å². The second-order valence-corrected chi connectivity index (χ2v) is 4.80. The van der Waals surface area contributed by atoms with E-state index in [0.29, 0.717) is 10.6 Å². The monoisotopic (exact) mass is 272 g/mol. The molecule has 0 spiro atoms. The van der Waals surface area contributed by atoms with Gasteiger partial charge in [0.25, 0.3) is 5.92 Å². The van der Waals surface area contributed by atoms with E-state index in [4.69, 9.17) is 16.7 Å². The smallest absolute Gasteiger partial charge is 0.331 e. The van der Waals surface area contributed by atoms with Gasteiger partial charge in [0.05, 0.1) is 5.92 Å². The van der Waals surface area contributed by atoms with Gasteiger partial charge in [-0.2, -0.15) is 0 Å². The van der Waals surface area contributed by atoms with Crippen LogP contribution < -0.4 is 0 Å². The van der Waals surface area contributed by atoms with Crippen LogP contribution in [0.5, 0.6) is 0 Å². The van der Waals surface area contributed by atoms with Crippen LogP contribution in [0.4, 0.5) is 8.78 Å². The van der Waals surface area contributed by atoms with Crippen LogP contribution in [0.15, 0.2) is 29.8 Å². The van der Waals surface area contributed by atoms with E-state index in [2.05, 4.69) is 0 Å². The molecule has 0 radical (unpaired) electrons. The van der Waals surface area contributed by atoms with Gasteiger partial charge in [0.1, 0.15) is 0 Å².